The summed E-state index contributed by atoms with van der Waals surface area (Å²) in [5, 5.41) is 0. The molecule has 2 saturated carbocycles. The lowest BCUT2D eigenvalue weighted by molar-refractivity contribution is 0.0945. The fourth-order valence-electron chi connectivity index (χ4n) is 3.50. The van der Waals surface area contributed by atoms with Gasteiger partial charge >= 0.3 is 0 Å². The summed E-state index contributed by atoms with van der Waals surface area (Å²) in [6.45, 7) is 0. The summed E-state index contributed by atoms with van der Waals surface area (Å²) < 4.78 is 1.15. The number of halogens is 2. The highest BCUT2D eigenvalue weighted by molar-refractivity contribution is 7.20. The van der Waals surface area contributed by atoms with Gasteiger partial charge in [-0.1, -0.05) is 29.6 Å². The van der Waals surface area contributed by atoms with Crippen LogP contribution in [0.15, 0.2) is 6.07 Å². The number of thiophene rings is 1. The van der Waals surface area contributed by atoms with Gasteiger partial charge in [-0.05, 0) is 43.1 Å². The summed E-state index contributed by atoms with van der Waals surface area (Å²) in [6, 6.07) is 1.71. The Morgan fingerprint density at radius 3 is 2.71 bits per heavy atom. The van der Waals surface area contributed by atoms with Gasteiger partial charge < -0.3 is 0 Å². The molecule has 0 amide bonds. The van der Waals surface area contributed by atoms with Gasteiger partial charge in [-0.3, -0.25) is 4.79 Å². The Balaban J connectivity index is 1.69. The summed E-state index contributed by atoms with van der Waals surface area (Å²) in [4.78, 5) is 12.2. The molecule has 1 nitrogen and oxygen atoms in total. The van der Waals surface area contributed by atoms with Gasteiger partial charge in [0, 0.05) is 12.0 Å². The van der Waals surface area contributed by atoms with Crippen molar-refractivity contribution in [3.05, 3.63) is 20.3 Å². The molecule has 1 aromatic heterocycles. The summed E-state index contributed by atoms with van der Waals surface area (Å²) in [5.41, 5.74) is 0.629. The number of hydrogen-bond acceptors (Lipinski definition) is 2. The minimum absolute atomic E-state index is 0.177. The predicted molar refractivity (Wildman–Crippen MR) is 72.2 cm³/mol. The lowest BCUT2D eigenvalue weighted by Gasteiger charge is -2.20. The molecule has 3 rings (SSSR count). The van der Waals surface area contributed by atoms with Gasteiger partial charge in [-0.15, -0.1) is 11.3 Å². The van der Waals surface area contributed by atoms with E-state index in [-0.39, 0.29) is 5.78 Å². The standard InChI is InChI=1S/C13H14Cl2OS/c14-12-6-10(13(15)17-12)11(16)5-9-4-7-1-2-8(9)3-7/h6-9H,1-5H2. The zero-order valence-corrected chi connectivity index (χ0v) is 11.7. The van der Waals surface area contributed by atoms with Crippen LogP contribution >= 0.6 is 34.5 Å². The number of Topliss-reactive ketones (excluding diaryl/α,β-unsaturated/α-hetero) is 1. The number of carbonyl (C=O) groups excluding carboxylic acids is 1. The maximum atomic E-state index is 12.2. The topological polar surface area (TPSA) is 17.1 Å². The van der Waals surface area contributed by atoms with E-state index in [9.17, 15) is 4.79 Å². The first-order valence-electron chi connectivity index (χ1n) is 6.11. The Bertz CT molecular complexity index is 454. The fourth-order valence-corrected chi connectivity index (χ4v) is 5.00. The highest BCUT2D eigenvalue weighted by atomic mass is 35.5. The summed E-state index contributed by atoms with van der Waals surface area (Å²) in [7, 11) is 0. The first-order chi connectivity index (χ1) is 8.13. The summed E-state index contributed by atoms with van der Waals surface area (Å²) in [6.07, 6.45) is 5.94. The third-order valence-corrected chi connectivity index (χ3v) is 5.78. The molecule has 2 bridgehead atoms. The maximum absolute atomic E-state index is 12.2. The van der Waals surface area contributed by atoms with E-state index in [1.807, 2.05) is 0 Å². The van der Waals surface area contributed by atoms with Gasteiger partial charge in [0.05, 0.1) is 4.34 Å². The number of hydrogen-bond donors (Lipinski definition) is 0. The molecule has 3 atom stereocenters. The minimum atomic E-state index is 0.177. The smallest absolute Gasteiger partial charge is 0.165 e. The van der Waals surface area contributed by atoms with Crippen LogP contribution < -0.4 is 0 Å². The monoisotopic (exact) mass is 288 g/mol. The average Bonchev–Trinajstić information content (AvgIpc) is 2.93. The molecule has 1 heterocycles. The molecule has 2 fully saturated rings. The lowest BCUT2D eigenvalue weighted by atomic mass is 9.84. The first-order valence-corrected chi connectivity index (χ1v) is 7.68. The lowest BCUT2D eigenvalue weighted by Crippen LogP contribution is -2.15. The van der Waals surface area contributed by atoms with Crippen LogP contribution in [0.3, 0.4) is 0 Å². The van der Waals surface area contributed by atoms with Crippen LogP contribution in [0.5, 0.6) is 0 Å². The van der Waals surface area contributed by atoms with Crippen LogP contribution in [-0.2, 0) is 0 Å². The summed E-state index contributed by atoms with van der Waals surface area (Å²) in [5.74, 6) is 2.45. The Morgan fingerprint density at radius 1 is 1.35 bits per heavy atom. The zero-order chi connectivity index (χ0) is 12.0. The maximum Gasteiger partial charge on any atom is 0.165 e. The molecule has 0 aliphatic heterocycles. The van der Waals surface area contributed by atoms with Crippen LogP contribution in [0, 0.1) is 17.8 Å². The molecule has 4 heteroatoms. The van der Waals surface area contributed by atoms with E-state index in [2.05, 4.69) is 0 Å². The molecule has 2 aliphatic rings. The molecular weight excluding hydrogens is 275 g/mol. The van der Waals surface area contributed by atoms with Gasteiger partial charge in [-0.2, -0.15) is 0 Å². The normalized spacial score (nSPS) is 31.1. The van der Waals surface area contributed by atoms with Gasteiger partial charge in [-0.25, -0.2) is 0 Å². The largest absolute Gasteiger partial charge is 0.294 e. The second kappa shape index (κ2) is 4.56. The van der Waals surface area contributed by atoms with Crippen LogP contribution in [0.1, 0.15) is 42.5 Å². The molecule has 3 unspecified atom stereocenters. The van der Waals surface area contributed by atoms with Crippen molar-refractivity contribution in [2.24, 2.45) is 17.8 Å². The second-order valence-corrected chi connectivity index (χ2v) is 7.59. The molecule has 0 spiro atoms. The average molecular weight is 289 g/mol. The van der Waals surface area contributed by atoms with Gasteiger partial charge in [0.1, 0.15) is 4.34 Å². The fraction of sp³-hybridized carbons (Fsp3) is 0.615. The third-order valence-electron chi connectivity index (χ3n) is 4.29. The van der Waals surface area contributed by atoms with Crippen LogP contribution in [0.2, 0.25) is 8.67 Å². The van der Waals surface area contributed by atoms with E-state index in [0.29, 0.717) is 26.6 Å². The molecule has 0 radical (unpaired) electrons. The number of carbonyl (C=O) groups is 1. The molecule has 92 valence electrons. The second-order valence-electron chi connectivity index (χ2n) is 5.30. The Morgan fingerprint density at radius 2 is 2.18 bits per heavy atom. The first kappa shape index (κ1) is 12.0. The molecule has 0 N–H and O–H groups in total. The minimum Gasteiger partial charge on any atom is -0.294 e. The van der Waals surface area contributed by atoms with E-state index in [0.717, 1.165) is 11.8 Å². The van der Waals surface area contributed by atoms with E-state index < -0.39 is 0 Å². The number of fused-ring (bicyclic) bond motifs is 2. The van der Waals surface area contributed by atoms with E-state index >= 15 is 0 Å². The molecule has 2 aliphatic carbocycles. The molecule has 0 saturated heterocycles. The Hall–Kier alpha value is -0.0500. The van der Waals surface area contributed by atoms with Gasteiger partial charge in [0.25, 0.3) is 0 Å². The SMILES string of the molecule is O=C(CC1CC2CCC1C2)c1cc(Cl)sc1Cl. The molecule has 17 heavy (non-hydrogen) atoms. The van der Waals surface area contributed by atoms with Gasteiger partial charge in [0.15, 0.2) is 5.78 Å². The van der Waals surface area contributed by atoms with Crippen molar-refractivity contribution in [1.82, 2.24) is 0 Å². The van der Waals surface area contributed by atoms with Crippen molar-refractivity contribution >= 4 is 40.3 Å². The molecule has 1 aromatic rings. The predicted octanol–water partition coefficient (Wildman–Crippen LogP) is 5.06. The molecule has 0 aromatic carbocycles. The molecular formula is C13H14Cl2OS. The van der Waals surface area contributed by atoms with Crippen molar-refractivity contribution in [1.29, 1.82) is 0 Å². The van der Waals surface area contributed by atoms with E-state index in [1.165, 1.54) is 37.0 Å². The van der Waals surface area contributed by atoms with E-state index in [4.69, 9.17) is 23.2 Å². The quantitative estimate of drug-likeness (QED) is 0.710. The Labute approximate surface area is 115 Å². The Kier molecular flexibility index (Phi) is 3.22. The van der Waals surface area contributed by atoms with Crippen LogP contribution in [0.25, 0.3) is 0 Å². The van der Waals surface area contributed by atoms with Crippen LogP contribution in [-0.4, -0.2) is 5.78 Å². The number of rotatable bonds is 3. The summed E-state index contributed by atoms with van der Waals surface area (Å²) >= 11 is 13.2. The van der Waals surface area contributed by atoms with Crippen molar-refractivity contribution in [3.63, 3.8) is 0 Å². The third kappa shape index (κ3) is 2.27. The highest BCUT2D eigenvalue weighted by Crippen LogP contribution is 2.50. The van der Waals surface area contributed by atoms with Crippen molar-refractivity contribution < 1.29 is 4.79 Å². The highest BCUT2D eigenvalue weighted by Gasteiger charge is 2.40. The number of ketones is 1. The van der Waals surface area contributed by atoms with Crippen molar-refractivity contribution in [2.75, 3.05) is 0 Å². The van der Waals surface area contributed by atoms with Crippen molar-refractivity contribution in [3.8, 4) is 0 Å². The van der Waals surface area contributed by atoms with E-state index in [1.54, 1.807) is 6.07 Å². The van der Waals surface area contributed by atoms with Crippen molar-refractivity contribution in [2.45, 2.75) is 32.1 Å². The zero-order valence-electron chi connectivity index (χ0n) is 9.42. The van der Waals surface area contributed by atoms with Gasteiger partial charge in [0.2, 0.25) is 0 Å². The van der Waals surface area contributed by atoms with Crippen LogP contribution in [0.4, 0.5) is 0 Å².